The standard InChI is InChI=1S/C17H26N2O/c1-13(2)19-8-6-14(11-19)12-20-17-4-3-15-5-7-18-10-16(15)9-17/h3-4,9,13-14,18H,5-8,10-12H2,1-2H3. The topological polar surface area (TPSA) is 24.5 Å². The van der Waals surface area contributed by atoms with E-state index in [-0.39, 0.29) is 0 Å². The first kappa shape index (κ1) is 13.9. The number of likely N-dealkylation sites (tertiary alicyclic amines) is 1. The van der Waals surface area contributed by atoms with Gasteiger partial charge in [0.15, 0.2) is 0 Å². The molecule has 20 heavy (non-hydrogen) atoms. The highest BCUT2D eigenvalue weighted by Crippen LogP contribution is 2.23. The van der Waals surface area contributed by atoms with Gasteiger partial charge in [-0.2, -0.15) is 0 Å². The Morgan fingerprint density at radius 3 is 3.05 bits per heavy atom. The molecule has 2 heterocycles. The minimum absolute atomic E-state index is 0.662. The summed E-state index contributed by atoms with van der Waals surface area (Å²) < 4.78 is 6.03. The maximum Gasteiger partial charge on any atom is 0.119 e. The molecule has 0 spiro atoms. The third-order valence-corrected chi connectivity index (χ3v) is 4.60. The number of rotatable bonds is 4. The molecule has 1 aromatic carbocycles. The Kier molecular flexibility index (Phi) is 4.27. The number of nitrogens with zero attached hydrogens (tertiary/aromatic N) is 1. The van der Waals surface area contributed by atoms with Gasteiger partial charge in [-0.15, -0.1) is 0 Å². The zero-order chi connectivity index (χ0) is 13.9. The molecule has 1 saturated heterocycles. The van der Waals surface area contributed by atoms with Crippen LogP contribution in [0.2, 0.25) is 0 Å². The van der Waals surface area contributed by atoms with Crippen molar-refractivity contribution >= 4 is 0 Å². The Labute approximate surface area is 122 Å². The molecule has 2 aliphatic rings. The molecule has 1 fully saturated rings. The number of hydrogen-bond donors (Lipinski definition) is 1. The lowest BCUT2D eigenvalue weighted by Crippen LogP contribution is -2.29. The van der Waals surface area contributed by atoms with Crippen molar-refractivity contribution in [2.45, 2.75) is 39.3 Å². The van der Waals surface area contributed by atoms with Gasteiger partial charge < -0.3 is 15.0 Å². The van der Waals surface area contributed by atoms with E-state index in [4.69, 9.17) is 4.74 Å². The van der Waals surface area contributed by atoms with Crippen LogP contribution in [0.5, 0.6) is 5.75 Å². The lowest BCUT2D eigenvalue weighted by molar-refractivity contribution is 0.223. The molecule has 3 heteroatoms. The summed E-state index contributed by atoms with van der Waals surface area (Å²) in [6, 6.07) is 7.26. The molecule has 2 aliphatic heterocycles. The molecule has 110 valence electrons. The fourth-order valence-electron chi connectivity index (χ4n) is 3.23. The lowest BCUT2D eigenvalue weighted by atomic mass is 10.0. The van der Waals surface area contributed by atoms with Gasteiger partial charge in [0.1, 0.15) is 5.75 Å². The van der Waals surface area contributed by atoms with Crippen molar-refractivity contribution < 1.29 is 4.74 Å². The molecule has 1 atom stereocenters. The molecule has 0 amide bonds. The molecule has 0 radical (unpaired) electrons. The molecule has 3 rings (SSSR count). The van der Waals surface area contributed by atoms with Crippen LogP contribution in [0.1, 0.15) is 31.4 Å². The molecule has 0 aromatic heterocycles. The second-order valence-corrected chi connectivity index (χ2v) is 6.41. The Morgan fingerprint density at radius 2 is 2.25 bits per heavy atom. The average molecular weight is 274 g/mol. The maximum atomic E-state index is 6.03. The fourth-order valence-corrected chi connectivity index (χ4v) is 3.23. The van der Waals surface area contributed by atoms with Gasteiger partial charge in [0.25, 0.3) is 0 Å². The van der Waals surface area contributed by atoms with Crippen molar-refractivity contribution in [3.8, 4) is 5.75 Å². The average Bonchev–Trinajstić information content (AvgIpc) is 2.94. The summed E-state index contributed by atoms with van der Waals surface area (Å²) in [5.41, 5.74) is 2.88. The Morgan fingerprint density at radius 1 is 1.35 bits per heavy atom. The minimum Gasteiger partial charge on any atom is -0.493 e. The summed E-state index contributed by atoms with van der Waals surface area (Å²) in [6.45, 7) is 9.90. The number of fused-ring (bicyclic) bond motifs is 1. The summed E-state index contributed by atoms with van der Waals surface area (Å²) in [6.07, 6.45) is 2.41. The van der Waals surface area contributed by atoms with Gasteiger partial charge in [-0.3, -0.25) is 0 Å². The van der Waals surface area contributed by atoms with E-state index in [1.54, 1.807) is 0 Å². The Hall–Kier alpha value is -1.06. The monoisotopic (exact) mass is 274 g/mol. The van der Waals surface area contributed by atoms with Gasteiger partial charge in [0.05, 0.1) is 6.61 Å². The van der Waals surface area contributed by atoms with Crippen molar-refractivity contribution in [2.24, 2.45) is 5.92 Å². The number of benzene rings is 1. The molecular weight excluding hydrogens is 248 g/mol. The van der Waals surface area contributed by atoms with Crippen LogP contribution in [0, 0.1) is 5.92 Å². The van der Waals surface area contributed by atoms with Crippen molar-refractivity contribution in [3.05, 3.63) is 29.3 Å². The molecule has 1 aromatic rings. The van der Waals surface area contributed by atoms with Crippen molar-refractivity contribution in [1.29, 1.82) is 0 Å². The van der Waals surface area contributed by atoms with E-state index in [1.807, 2.05) is 0 Å². The summed E-state index contributed by atoms with van der Waals surface area (Å²) >= 11 is 0. The van der Waals surface area contributed by atoms with Gasteiger partial charge in [-0.25, -0.2) is 0 Å². The maximum absolute atomic E-state index is 6.03. The molecule has 0 saturated carbocycles. The quantitative estimate of drug-likeness (QED) is 0.912. The second kappa shape index (κ2) is 6.15. The minimum atomic E-state index is 0.662. The first-order chi connectivity index (χ1) is 9.72. The smallest absolute Gasteiger partial charge is 0.119 e. The number of nitrogens with one attached hydrogen (secondary N) is 1. The fraction of sp³-hybridized carbons (Fsp3) is 0.647. The highest BCUT2D eigenvalue weighted by Gasteiger charge is 2.24. The van der Waals surface area contributed by atoms with Crippen LogP contribution < -0.4 is 10.1 Å². The van der Waals surface area contributed by atoms with E-state index in [9.17, 15) is 0 Å². The zero-order valence-electron chi connectivity index (χ0n) is 12.7. The predicted molar refractivity (Wildman–Crippen MR) is 82.2 cm³/mol. The van der Waals surface area contributed by atoms with Crippen LogP contribution in [-0.4, -0.2) is 37.2 Å². The van der Waals surface area contributed by atoms with Gasteiger partial charge in [-0.1, -0.05) is 6.07 Å². The third-order valence-electron chi connectivity index (χ3n) is 4.60. The summed E-state index contributed by atoms with van der Waals surface area (Å²) in [5.74, 6) is 1.72. The number of ether oxygens (including phenoxy) is 1. The summed E-state index contributed by atoms with van der Waals surface area (Å²) in [5, 5.41) is 3.42. The van der Waals surface area contributed by atoms with Crippen molar-refractivity contribution in [2.75, 3.05) is 26.2 Å². The summed E-state index contributed by atoms with van der Waals surface area (Å²) in [4.78, 5) is 2.55. The summed E-state index contributed by atoms with van der Waals surface area (Å²) in [7, 11) is 0. The van der Waals surface area contributed by atoms with Crippen molar-refractivity contribution in [3.63, 3.8) is 0 Å². The van der Waals surface area contributed by atoms with Crippen molar-refractivity contribution in [1.82, 2.24) is 10.2 Å². The predicted octanol–water partition coefficient (Wildman–Crippen LogP) is 2.44. The number of hydrogen-bond acceptors (Lipinski definition) is 3. The first-order valence-electron chi connectivity index (χ1n) is 7.92. The van der Waals surface area contributed by atoms with Crippen LogP contribution in [0.4, 0.5) is 0 Å². The molecule has 1 unspecified atom stereocenters. The molecular formula is C17H26N2O. The first-order valence-corrected chi connectivity index (χ1v) is 7.92. The van der Waals surface area contributed by atoms with Gasteiger partial charge in [0.2, 0.25) is 0 Å². The van der Waals surface area contributed by atoms with Crippen LogP contribution in [-0.2, 0) is 13.0 Å². The van der Waals surface area contributed by atoms with Crippen LogP contribution in [0.3, 0.4) is 0 Å². The highest BCUT2D eigenvalue weighted by atomic mass is 16.5. The van der Waals surface area contributed by atoms with E-state index in [0.29, 0.717) is 12.0 Å². The Balaban J connectivity index is 1.54. The SMILES string of the molecule is CC(C)N1CCC(COc2ccc3c(c2)CNCC3)C1. The van der Waals surface area contributed by atoms with Gasteiger partial charge in [-0.05, 0) is 63.0 Å². The van der Waals surface area contributed by atoms with Crippen LogP contribution in [0.25, 0.3) is 0 Å². The largest absolute Gasteiger partial charge is 0.493 e. The van der Waals surface area contributed by atoms with Gasteiger partial charge in [0, 0.05) is 25.0 Å². The molecule has 0 aliphatic carbocycles. The Bertz CT molecular complexity index is 458. The van der Waals surface area contributed by atoms with Crippen LogP contribution in [0.15, 0.2) is 18.2 Å². The van der Waals surface area contributed by atoms with E-state index in [1.165, 1.54) is 30.6 Å². The normalized spacial score (nSPS) is 23.1. The molecule has 3 nitrogen and oxygen atoms in total. The molecule has 0 bridgehead atoms. The zero-order valence-corrected chi connectivity index (χ0v) is 12.7. The van der Waals surface area contributed by atoms with E-state index >= 15 is 0 Å². The van der Waals surface area contributed by atoms with E-state index < -0.39 is 0 Å². The van der Waals surface area contributed by atoms with E-state index in [2.05, 4.69) is 42.3 Å². The molecule has 1 N–H and O–H groups in total. The second-order valence-electron chi connectivity index (χ2n) is 6.41. The van der Waals surface area contributed by atoms with Gasteiger partial charge >= 0.3 is 0 Å². The lowest BCUT2D eigenvalue weighted by Gasteiger charge is -2.21. The van der Waals surface area contributed by atoms with Crippen LogP contribution >= 0.6 is 0 Å². The highest BCUT2D eigenvalue weighted by molar-refractivity contribution is 5.37. The van der Waals surface area contributed by atoms with E-state index in [0.717, 1.165) is 31.9 Å². The third kappa shape index (κ3) is 3.15.